The monoisotopic (exact) mass is 269 g/mol. The van der Waals surface area contributed by atoms with Gasteiger partial charge in [-0.1, -0.05) is 12.8 Å². The number of carboxylic acids is 1. The van der Waals surface area contributed by atoms with Crippen LogP contribution in [0.3, 0.4) is 0 Å². The molecule has 0 unspecified atom stereocenters. The zero-order valence-corrected chi connectivity index (χ0v) is 11.1. The summed E-state index contributed by atoms with van der Waals surface area (Å²) in [6.07, 6.45) is 6.01. The Morgan fingerprint density at radius 1 is 1.25 bits per heavy atom. The molecule has 0 aliphatic rings. The molecule has 5 nitrogen and oxygen atoms in total. The van der Waals surface area contributed by atoms with E-state index >= 15 is 0 Å². The van der Waals surface area contributed by atoms with E-state index in [0.29, 0.717) is 6.54 Å². The van der Waals surface area contributed by atoms with Gasteiger partial charge in [-0.3, -0.25) is 4.79 Å². The molecule has 0 aromatic rings. The second kappa shape index (κ2) is 8.83. The van der Waals surface area contributed by atoms with Crippen molar-refractivity contribution in [2.24, 2.45) is 0 Å². The summed E-state index contributed by atoms with van der Waals surface area (Å²) in [5.41, 5.74) is 0. The number of thioether (sulfide) groups is 1. The normalized spacial score (nSPS) is 11.6. The second-order valence-electron chi connectivity index (χ2n) is 3.45. The molecule has 0 fully saturated rings. The predicted octanol–water partition coefficient (Wildman–Crippen LogP) is 0.914. The van der Waals surface area contributed by atoms with Crippen molar-refractivity contribution in [2.75, 3.05) is 24.3 Å². The maximum Gasteiger partial charge on any atom is 0.320 e. The van der Waals surface area contributed by atoms with Crippen molar-refractivity contribution < 1.29 is 18.3 Å². The van der Waals surface area contributed by atoms with E-state index in [1.54, 1.807) is 11.8 Å². The zero-order valence-electron chi connectivity index (χ0n) is 9.44. The number of unbranched alkanes of at least 4 members (excludes halogenated alkanes) is 3. The summed E-state index contributed by atoms with van der Waals surface area (Å²) in [5.74, 6) is -1.04. The Bertz CT molecular complexity index is 290. The molecule has 0 rings (SSSR count). The summed E-state index contributed by atoms with van der Waals surface area (Å²) in [6.45, 7) is 0.328. The number of nitrogens with one attached hydrogen (secondary N) is 1. The summed E-state index contributed by atoms with van der Waals surface area (Å²) in [5, 5.41) is 8.33. The highest BCUT2D eigenvalue weighted by atomic mass is 32.2. The molecule has 0 aromatic heterocycles. The second-order valence-corrected chi connectivity index (χ2v) is 6.25. The average molecular weight is 269 g/mol. The summed E-state index contributed by atoms with van der Waals surface area (Å²) < 4.78 is 24.4. The van der Waals surface area contributed by atoms with Gasteiger partial charge in [-0.2, -0.15) is 11.8 Å². The predicted molar refractivity (Wildman–Crippen MR) is 66.3 cm³/mol. The van der Waals surface area contributed by atoms with Gasteiger partial charge in [-0.15, -0.1) is 0 Å². The molecule has 0 saturated heterocycles. The summed E-state index contributed by atoms with van der Waals surface area (Å²) in [7, 11) is -3.63. The lowest BCUT2D eigenvalue weighted by Crippen LogP contribution is -2.30. The highest BCUT2D eigenvalue weighted by Crippen LogP contribution is 2.04. The van der Waals surface area contributed by atoms with E-state index in [2.05, 4.69) is 11.0 Å². The maximum absolute atomic E-state index is 11.1. The molecule has 0 spiro atoms. The van der Waals surface area contributed by atoms with Crippen molar-refractivity contribution in [3.8, 4) is 0 Å². The van der Waals surface area contributed by atoms with Crippen LogP contribution < -0.4 is 4.72 Å². The molecule has 0 radical (unpaired) electrons. The van der Waals surface area contributed by atoms with E-state index in [0.717, 1.165) is 31.4 Å². The lowest BCUT2D eigenvalue weighted by Gasteiger charge is -2.04. The minimum Gasteiger partial charge on any atom is -0.480 e. The molecule has 0 heterocycles. The molecule has 2 N–H and O–H groups in total. The molecule has 0 aliphatic carbocycles. The first-order valence-corrected chi connectivity index (χ1v) is 8.20. The quantitative estimate of drug-likeness (QED) is 0.576. The number of sulfonamides is 1. The van der Waals surface area contributed by atoms with Crippen molar-refractivity contribution in [3.63, 3.8) is 0 Å². The Kier molecular flexibility index (Phi) is 8.68. The highest BCUT2D eigenvalue weighted by Gasteiger charge is 2.13. The first-order chi connectivity index (χ1) is 7.48. The van der Waals surface area contributed by atoms with Gasteiger partial charge in [0.25, 0.3) is 0 Å². The van der Waals surface area contributed by atoms with Crippen LogP contribution in [0.1, 0.15) is 25.7 Å². The molecule has 0 aliphatic heterocycles. The van der Waals surface area contributed by atoms with Crippen molar-refractivity contribution in [1.82, 2.24) is 4.72 Å². The van der Waals surface area contributed by atoms with Gasteiger partial charge in [0.05, 0.1) is 0 Å². The third-order valence-corrected chi connectivity index (χ3v) is 3.88. The smallest absolute Gasteiger partial charge is 0.320 e. The van der Waals surface area contributed by atoms with Crippen LogP contribution in [0.5, 0.6) is 0 Å². The fraction of sp³-hybridized carbons (Fsp3) is 0.889. The SMILES string of the molecule is CSCCCCCCNS(=O)(=O)CC(=O)O. The van der Waals surface area contributed by atoms with Gasteiger partial charge in [0, 0.05) is 6.54 Å². The Morgan fingerprint density at radius 2 is 1.88 bits per heavy atom. The lowest BCUT2D eigenvalue weighted by molar-refractivity contribution is -0.134. The fourth-order valence-electron chi connectivity index (χ4n) is 1.17. The van der Waals surface area contributed by atoms with E-state index in [1.165, 1.54) is 0 Å². The first kappa shape index (κ1) is 15.7. The molecule has 96 valence electrons. The van der Waals surface area contributed by atoms with Crippen molar-refractivity contribution in [3.05, 3.63) is 0 Å². The number of carboxylic acid groups (broad SMARTS) is 1. The highest BCUT2D eigenvalue weighted by molar-refractivity contribution is 7.98. The van der Waals surface area contributed by atoms with E-state index in [-0.39, 0.29) is 0 Å². The van der Waals surface area contributed by atoms with Gasteiger partial charge < -0.3 is 5.11 Å². The van der Waals surface area contributed by atoms with Crippen LogP contribution in [0.15, 0.2) is 0 Å². The van der Waals surface area contributed by atoms with Gasteiger partial charge >= 0.3 is 5.97 Å². The molecule has 0 bridgehead atoms. The van der Waals surface area contributed by atoms with Crippen molar-refractivity contribution in [2.45, 2.75) is 25.7 Å². The molecular weight excluding hydrogens is 250 g/mol. The first-order valence-electron chi connectivity index (χ1n) is 5.16. The van der Waals surface area contributed by atoms with Gasteiger partial charge in [-0.05, 0) is 24.9 Å². The van der Waals surface area contributed by atoms with Crippen LogP contribution in [-0.4, -0.2) is 43.8 Å². The van der Waals surface area contributed by atoms with Crippen LogP contribution in [0, 0.1) is 0 Å². The Balaban J connectivity index is 3.47. The van der Waals surface area contributed by atoms with Gasteiger partial charge in [0.1, 0.15) is 0 Å². The number of hydrogen-bond donors (Lipinski definition) is 2. The molecule has 0 saturated carbocycles. The van der Waals surface area contributed by atoms with E-state index in [1.807, 2.05) is 0 Å². The molecular formula is C9H19NO4S2. The number of carbonyl (C=O) groups is 1. The van der Waals surface area contributed by atoms with E-state index < -0.39 is 21.7 Å². The fourth-order valence-corrected chi connectivity index (χ4v) is 2.54. The standard InChI is InChI=1S/C9H19NO4S2/c1-15-7-5-3-2-4-6-10-16(13,14)8-9(11)12/h10H,2-8H2,1H3,(H,11,12). The zero-order chi connectivity index (χ0) is 12.4. The third-order valence-electron chi connectivity index (χ3n) is 1.91. The summed E-state index contributed by atoms with van der Waals surface area (Å²) >= 11 is 1.80. The largest absolute Gasteiger partial charge is 0.480 e. The van der Waals surface area contributed by atoms with Gasteiger partial charge in [0.2, 0.25) is 10.0 Å². The molecule has 16 heavy (non-hydrogen) atoms. The van der Waals surface area contributed by atoms with Gasteiger partial charge in [-0.25, -0.2) is 13.1 Å². The minimum atomic E-state index is -3.63. The third kappa shape index (κ3) is 10.3. The summed E-state index contributed by atoms with van der Waals surface area (Å²) in [6, 6.07) is 0. The van der Waals surface area contributed by atoms with Crippen LogP contribution in [0.2, 0.25) is 0 Å². The Labute approximate surface area is 101 Å². The molecule has 0 aromatic carbocycles. The van der Waals surface area contributed by atoms with Gasteiger partial charge in [0.15, 0.2) is 5.75 Å². The number of rotatable bonds is 10. The van der Waals surface area contributed by atoms with Crippen molar-refractivity contribution in [1.29, 1.82) is 0 Å². The van der Waals surface area contributed by atoms with Crippen LogP contribution in [-0.2, 0) is 14.8 Å². The van der Waals surface area contributed by atoms with Crippen LogP contribution >= 0.6 is 11.8 Å². The topological polar surface area (TPSA) is 83.5 Å². The number of hydrogen-bond acceptors (Lipinski definition) is 4. The molecule has 0 amide bonds. The maximum atomic E-state index is 11.1. The van der Waals surface area contributed by atoms with Crippen LogP contribution in [0.4, 0.5) is 0 Å². The minimum absolute atomic E-state index is 0.328. The van der Waals surface area contributed by atoms with E-state index in [9.17, 15) is 13.2 Å². The molecule has 7 heteroatoms. The lowest BCUT2D eigenvalue weighted by atomic mass is 10.2. The Morgan fingerprint density at radius 3 is 2.44 bits per heavy atom. The molecule has 0 atom stereocenters. The average Bonchev–Trinajstić information content (AvgIpc) is 2.14. The number of aliphatic carboxylic acids is 1. The van der Waals surface area contributed by atoms with Crippen molar-refractivity contribution >= 4 is 27.8 Å². The Hall–Kier alpha value is -0.270. The summed E-state index contributed by atoms with van der Waals surface area (Å²) in [4.78, 5) is 10.2. The van der Waals surface area contributed by atoms with E-state index in [4.69, 9.17) is 5.11 Å². The van der Waals surface area contributed by atoms with Crippen LogP contribution in [0.25, 0.3) is 0 Å².